The number of carbonyl (C=O) groups excluding carboxylic acids is 2. The van der Waals surface area contributed by atoms with E-state index in [4.69, 9.17) is 14.2 Å². The van der Waals surface area contributed by atoms with E-state index >= 15 is 0 Å². The number of benzene rings is 3. The summed E-state index contributed by atoms with van der Waals surface area (Å²) in [7, 11) is 1.26. The van der Waals surface area contributed by atoms with Crippen LogP contribution in [0, 0.1) is 5.82 Å². The van der Waals surface area contributed by atoms with Gasteiger partial charge >= 0.3 is 12.1 Å². The van der Waals surface area contributed by atoms with Gasteiger partial charge in [-0.05, 0) is 35.4 Å². The van der Waals surface area contributed by atoms with Gasteiger partial charge in [-0.1, -0.05) is 60.7 Å². The largest absolute Gasteiger partial charge is 0.473 e. The Morgan fingerprint density at radius 3 is 2.06 bits per heavy atom. The highest BCUT2D eigenvalue weighted by Gasteiger charge is 2.32. The van der Waals surface area contributed by atoms with E-state index in [2.05, 4.69) is 0 Å². The van der Waals surface area contributed by atoms with Crippen LogP contribution in [0.3, 0.4) is 0 Å². The first-order chi connectivity index (χ1) is 15.6. The Morgan fingerprint density at radius 2 is 1.47 bits per heavy atom. The molecule has 0 aromatic heterocycles. The summed E-state index contributed by atoms with van der Waals surface area (Å²) in [6.07, 6.45) is -0.525. The molecular formula is C25H24FNO5. The lowest BCUT2D eigenvalue weighted by Gasteiger charge is -2.29. The number of esters is 1. The summed E-state index contributed by atoms with van der Waals surface area (Å²) in [6.45, 7) is -0.252. The summed E-state index contributed by atoms with van der Waals surface area (Å²) in [5.74, 6) is -0.670. The van der Waals surface area contributed by atoms with Crippen LogP contribution in [0.1, 0.15) is 11.1 Å². The number of methoxy groups -OCH3 is 1. The number of hydrogen-bond acceptors (Lipinski definition) is 5. The van der Waals surface area contributed by atoms with Crippen LogP contribution in [-0.4, -0.2) is 36.8 Å². The normalized spacial score (nSPS) is 11.3. The van der Waals surface area contributed by atoms with Crippen LogP contribution in [0.2, 0.25) is 0 Å². The fraction of sp³-hybridized carbons (Fsp3) is 0.200. The minimum absolute atomic E-state index is 0.0337. The Labute approximate surface area is 186 Å². The average Bonchev–Trinajstić information content (AvgIpc) is 2.84. The van der Waals surface area contributed by atoms with Crippen molar-refractivity contribution in [3.05, 3.63) is 102 Å². The van der Waals surface area contributed by atoms with Crippen molar-refractivity contribution in [2.24, 2.45) is 0 Å². The molecule has 0 saturated heterocycles. The SMILES string of the molecule is COC(=O)C(Cc1ccccc1)N(COc1ccc(F)cc1)C(=O)OCc1ccccc1. The minimum Gasteiger partial charge on any atom is -0.473 e. The molecule has 0 aliphatic heterocycles. The molecule has 3 aromatic carbocycles. The second kappa shape index (κ2) is 11.5. The zero-order valence-electron chi connectivity index (χ0n) is 17.6. The molecule has 3 aromatic rings. The number of amides is 1. The van der Waals surface area contributed by atoms with Gasteiger partial charge in [-0.2, -0.15) is 0 Å². The fourth-order valence-corrected chi connectivity index (χ4v) is 3.04. The van der Waals surface area contributed by atoms with E-state index < -0.39 is 23.9 Å². The zero-order valence-corrected chi connectivity index (χ0v) is 17.6. The Kier molecular flexibility index (Phi) is 8.20. The molecule has 0 saturated carbocycles. The highest BCUT2D eigenvalue weighted by atomic mass is 19.1. The smallest absolute Gasteiger partial charge is 0.413 e. The van der Waals surface area contributed by atoms with Gasteiger partial charge in [-0.15, -0.1) is 0 Å². The van der Waals surface area contributed by atoms with Crippen LogP contribution >= 0.6 is 0 Å². The van der Waals surface area contributed by atoms with Crippen LogP contribution in [0.5, 0.6) is 5.75 Å². The first-order valence-electron chi connectivity index (χ1n) is 10.0. The predicted molar refractivity (Wildman–Crippen MR) is 116 cm³/mol. The van der Waals surface area contributed by atoms with Crippen molar-refractivity contribution in [3.8, 4) is 5.75 Å². The standard InChI is InChI=1S/C25H24FNO5/c1-30-24(28)23(16-19-8-4-2-5-9-19)27(18-32-22-14-12-21(26)13-15-22)25(29)31-17-20-10-6-3-7-11-20/h2-15,23H,16-18H2,1H3. The molecule has 6 nitrogen and oxygen atoms in total. The summed E-state index contributed by atoms with van der Waals surface area (Å²) >= 11 is 0. The maximum Gasteiger partial charge on any atom is 0.413 e. The van der Waals surface area contributed by atoms with Crippen molar-refractivity contribution in [1.82, 2.24) is 4.90 Å². The van der Waals surface area contributed by atoms with E-state index in [1.807, 2.05) is 60.7 Å². The highest BCUT2D eigenvalue weighted by Crippen LogP contribution is 2.17. The van der Waals surface area contributed by atoms with Crippen molar-refractivity contribution >= 4 is 12.1 Å². The zero-order chi connectivity index (χ0) is 22.8. The monoisotopic (exact) mass is 437 g/mol. The molecule has 0 aliphatic carbocycles. The fourth-order valence-electron chi connectivity index (χ4n) is 3.04. The number of ether oxygens (including phenoxy) is 3. The summed E-state index contributed by atoms with van der Waals surface area (Å²) in [4.78, 5) is 26.8. The van der Waals surface area contributed by atoms with Gasteiger partial charge in [0.05, 0.1) is 7.11 Å². The summed E-state index contributed by atoms with van der Waals surface area (Å²) in [5.41, 5.74) is 1.64. The molecule has 0 fully saturated rings. The Bertz CT molecular complexity index is 996. The molecule has 0 N–H and O–H groups in total. The van der Waals surface area contributed by atoms with Crippen molar-refractivity contribution in [2.75, 3.05) is 13.8 Å². The lowest BCUT2D eigenvalue weighted by Crippen LogP contribution is -2.49. The number of rotatable bonds is 9. The van der Waals surface area contributed by atoms with Gasteiger partial charge in [-0.3, -0.25) is 4.90 Å². The lowest BCUT2D eigenvalue weighted by atomic mass is 10.1. The maximum atomic E-state index is 13.2. The predicted octanol–water partition coefficient (Wildman–Crippen LogP) is 4.59. The third-order valence-electron chi connectivity index (χ3n) is 4.74. The molecule has 0 spiro atoms. The van der Waals surface area contributed by atoms with Gasteiger partial charge in [0.1, 0.15) is 24.2 Å². The van der Waals surface area contributed by atoms with E-state index in [-0.39, 0.29) is 19.8 Å². The molecule has 7 heteroatoms. The van der Waals surface area contributed by atoms with Gasteiger partial charge < -0.3 is 14.2 Å². The summed E-state index contributed by atoms with van der Waals surface area (Å²) in [5, 5.41) is 0. The van der Waals surface area contributed by atoms with E-state index in [0.717, 1.165) is 11.1 Å². The molecule has 0 bridgehead atoms. The second-order valence-corrected chi connectivity index (χ2v) is 6.97. The van der Waals surface area contributed by atoms with Gasteiger partial charge in [0.25, 0.3) is 0 Å². The van der Waals surface area contributed by atoms with Crippen molar-refractivity contribution in [3.63, 3.8) is 0 Å². The summed E-state index contributed by atoms with van der Waals surface area (Å²) in [6, 6.07) is 22.8. The van der Waals surface area contributed by atoms with Crippen molar-refractivity contribution in [2.45, 2.75) is 19.1 Å². The molecule has 0 radical (unpaired) electrons. The number of halogens is 1. The molecule has 0 heterocycles. The highest BCUT2D eigenvalue weighted by molar-refractivity contribution is 5.81. The Balaban J connectivity index is 1.80. The first-order valence-corrected chi connectivity index (χ1v) is 10.0. The molecule has 3 rings (SSSR count). The van der Waals surface area contributed by atoms with Crippen molar-refractivity contribution < 1.29 is 28.2 Å². The molecule has 0 aliphatic rings. The van der Waals surface area contributed by atoms with Gasteiger partial charge in [0, 0.05) is 6.42 Å². The molecule has 1 atom stereocenters. The van der Waals surface area contributed by atoms with Gasteiger partial charge in [-0.25, -0.2) is 14.0 Å². The molecule has 166 valence electrons. The quantitative estimate of drug-likeness (QED) is 0.362. The van der Waals surface area contributed by atoms with Crippen LogP contribution in [0.4, 0.5) is 9.18 Å². The number of hydrogen-bond donors (Lipinski definition) is 0. The van der Waals surface area contributed by atoms with E-state index in [0.29, 0.717) is 5.75 Å². The molecular weight excluding hydrogens is 413 g/mol. The topological polar surface area (TPSA) is 65.1 Å². The van der Waals surface area contributed by atoms with E-state index in [9.17, 15) is 14.0 Å². The number of nitrogens with zero attached hydrogens (tertiary/aromatic N) is 1. The van der Waals surface area contributed by atoms with Crippen LogP contribution in [0.25, 0.3) is 0 Å². The minimum atomic E-state index is -0.980. The molecule has 32 heavy (non-hydrogen) atoms. The third kappa shape index (κ3) is 6.57. The summed E-state index contributed by atoms with van der Waals surface area (Å²) < 4.78 is 29.3. The molecule has 1 unspecified atom stereocenters. The second-order valence-electron chi connectivity index (χ2n) is 6.97. The Hall–Kier alpha value is -3.87. The van der Waals surface area contributed by atoms with Gasteiger partial charge in [0.2, 0.25) is 0 Å². The van der Waals surface area contributed by atoms with E-state index in [1.54, 1.807) is 0 Å². The van der Waals surface area contributed by atoms with E-state index in [1.165, 1.54) is 36.3 Å². The van der Waals surface area contributed by atoms with Crippen LogP contribution in [0.15, 0.2) is 84.9 Å². The third-order valence-corrected chi connectivity index (χ3v) is 4.74. The lowest BCUT2D eigenvalue weighted by molar-refractivity contribution is -0.147. The molecule has 1 amide bonds. The van der Waals surface area contributed by atoms with Gasteiger partial charge in [0.15, 0.2) is 6.73 Å². The van der Waals surface area contributed by atoms with Crippen molar-refractivity contribution in [1.29, 1.82) is 0 Å². The number of carbonyl (C=O) groups is 2. The first kappa shape index (κ1) is 22.8. The maximum absolute atomic E-state index is 13.2. The van der Waals surface area contributed by atoms with Crippen LogP contribution in [-0.2, 0) is 27.3 Å². The van der Waals surface area contributed by atoms with Crippen LogP contribution < -0.4 is 4.74 Å². The average molecular weight is 437 g/mol. The Morgan fingerprint density at radius 1 is 0.875 bits per heavy atom.